The van der Waals surface area contributed by atoms with Gasteiger partial charge >= 0.3 is 0 Å². The Kier molecular flexibility index (Phi) is 4.70. The Morgan fingerprint density at radius 2 is 2.12 bits per heavy atom. The van der Waals surface area contributed by atoms with E-state index in [0.29, 0.717) is 0 Å². The Labute approximate surface area is 104 Å². The lowest BCUT2D eigenvalue weighted by Crippen LogP contribution is -2.27. The van der Waals surface area contributed by atoms with Crippen molar-refractivity contribution >= 4 is 5.82 Å². The lowest BCUT2D eigenvalue weighted by atomic mass is 10.1. The highest BCUT2D eigenvalue weighted by atomic mass is 16.3. The van der Waals surface area contributed by atoms with E-state index in [0.717, 1.165) is 41.3 Å². The second kappa shape index (κ2) is 5.82. The molecule has 94 valence electrons. The number of pyridine rings is 1. The van der Waals surface area contributed by atoms with Crippen molar-refractivity contribution in [2.75, 3.05) is 18.0 Å². The molecule has 0 unspecified atom stereocenters. The van der Waals surface area contributed by atoms with E-state index in [1.807, 2.05) is 26.8 Å². The number of hydrogen-bond donors (Lipinski definition) is 1. The molecule has 1 aromatic rings. The van der Waals surface area contributed by atoms with Gasteiger partial charge in [-0.05, 0) is 39.3 Å². The van der Waals surface area contributed by atoms with Crippen LogP contribution in [0.3, 0.4) is 0 Å². The summed E-state index contributed by atoms with van der Waals surface area (Å²) in [5.41, 5.74) is 4.08. The number of rotatable bonds is 5. The zero-order valence-electron chi connectivity index (χ0n) is 11.2. The molecule has 1 heterocycles. The third-order valence-electron chi connectivity index (χ3n) is 2.75. The van der Waals surface area contributed by atoms with E-state index in [4.69, 9.17) is 0 Å². The summed E-state index contributed by atoms with van der Waals surface area (Å²) < 4.78 is 0. The summed E-state index contributed by atoms with van der Waals surface area (Å²) >= 11 is 0. The molecule has 0 aromatic carbocycles. The van der Waals surface area contributed by atoms with Gasteiger partial charge in [-0.25, -0.2) is 4.98 Å². The van der Waals surface area contributed by atoms with Crippen molar-refractivity contribution < 1.29 is 5.11 Å². The number of aryl methyl sites for hydroxylation is 2. The quantitative estimate of drug-likeness (QED) is 0.796. The summed E-state index contributed by atoms with van der Waals surface area (Å²) in [4.78, 5) is 6.70. The number of aliphatic hydroxyl groups excluding tert-OH is 1. The highest BCUT2D eigenvalue weighted by molar-refractivity contribution is 5.52. The minimum Gasteiger partial charge on any atom is -0.392 e. The molecule has 17 heavy (non-hydrogen) atoms. The molecular weight excluding hydrogens is 212 g/mol. The molecule has 0 aliphatic heterocycles. The van der Waals surface area contributed by atoms with E-state index in [9.17, 15) is 5.11 Å². The number of aromatic nitrogens is 1. The van der Waals surface area contributed by atoms with Crippen LogP contribution < -0.4 is 4.90 Å². The molecule has 3 heteroatoms. The predicted molar refractivity (Wildman–Crippen MR) is 72.3 cm³/mol. The first kappa shape index (κ1) is 13.7. The van der Waals surface area contributed by atoms with Crippen LogP contribution in [0.2, 0.25) is 0 Å². The average Bonchev–Trinajstić information content (AvgIpc) is 2.24. The van der Waals surface area contributed by atoms with Crippen LogP contribution in [-0.2, 0) is 6.61 Å². The van der Waals surface area contributed by atoms with Gasteiger partial charge in [-0.3, -0.25) is 0 Å². The van der Waals surface area contributed by atoms with E-state index < -0.39 is 0 Å². The zero-order chi connectivity index (χ0) is 13.0. The first-order valence-electron chi connectivity index (χ1n) is 5.96. The highest BCUT2D eigenvalue weighted by Gasteiger charge is 2.13. The minimum atomic E-state index is 0.0289. The monoisotopic (exact) mass is 234 g/mol. The van der Waals surface area contributed by atoms with E-state index in [-0.39, 0.29) is 6.61 Å². The van der Waals surface area contributed by atoms with Gasteiger partial charge in [0.1, 0.15) is 5.82 Å². The molecule has 0 saturated heterocycles. The molecule has 0 spiro atoms. The molecule has 1 rings (SSSR count). The number of anilines is 1. The fourth-order valence-electron chi connectivity index (χ4n) is 1.96. The SMILES string of the molecule is C=C(C)CN(CC)c1nc(C)cc(C)c1CO. The number of likely N-dealkylation sites (N-methyl/N-ethyl adjacent to an activating group) is 1. The van der Waals surface area contributed by atoms with Crippen LogP contribution in [0.25, 0.3) is 0 Å². The molecule has 0 atom stereocenters. The van der Waals surface area contributed by atoms with Crippen molar-refractivity contribution in [1.29, 1.82) is 0 Å². The van der Waals surface area contributed by atoms with Crippen LogP contribution in [0, 0.1) is 13.8 Å². The Hall–Kier alpha value is -1.35. The first-order valence-corrected chi connectivity index (χ1v) is 5.96. The van der Waals surface area contributed by atoms with Gasteiger partial charge in [0.05, 0.1) is 6.61 Å². The van der Waals surface area contributed by atoms with Crippen molar-refractivity contribution in [3.63, 3.8) is 0 Å². The van der Waals surface area contributed by atoms with Crippen molar-refractivity contribution in [3.8, 4) is 0 Å². The van der Waals surface area contributed by atoms with E-state index in [2.05, 4.69) is 23.4 Å². The van der Waals surface area contributed by atoms with E-state index >= 15 is 0 Å². The van der Waals surface area contributed by atoms with Gasteiger partial charge in [0.2, 0.25) is 0 Å². The second-order valence-electron chi connectivity index (χ2n) is 4.51. The number of hydrogen-bond acceptors (Lipinski definition) is 3. The van der Waals surface area contributed by atoms with Crippen LogP contribution in [0.15, 0.2) is 18.2 Å². The van der Waals surface area contributed by atoms with Gasteiger partial charge in [-0.15, -0.1) is 0 Å². The van der Waals surface area contributed by atoms with Crippen molar-refractivity contribution in [2.24, 2.45) is 0 Å². The van der Waals surface area contributed by atoms with Crippen LogP contribution in [-0.4, -0.2) is 23.2 Å². The van der Waals surface area contributed by atoms with Gasteiger partial charge in [-0.2, -0.15) is 0 Å². The molecule has 3 nitrogen and oxygen atoms in total. The number of nitrogens with zero attached hydrogens (tertiary/aromatic N) is 2. The molecule has 0 aliphatic rings. The molecule has 1 aromatic heterocycles. The summed E-state index contributed by atoms with van der Waals surface area (Å²) in [5.74, 6) is 0.885. The molecule has 0 amide bonds. The molecule has 0 saturated carbocycles. The Morgan fingerprint density at radius 3 is 2.59 bits per heavy atom. The van der Waals surface area contributed by atoms with Gasteiger partial charge in [-0.1, -0.05) is 12.2 Å². The maximum Gasteiger partial charge on any atom is 0.134 e. The molecule has 1 N–H and O–H groups in total. The van der Waals surface area contributed by atoms with E-state index in [1.54, 1.807) is 0 Å². The first-order chi connectivity index (χ1) is 7.99. The summed E-state index contributed by atoms with van der Waals surface area (Å²) in [7, 11) is 0. The topological polar surface area (TPSA) is 36.4 Å². The second-order valence-corrected chi connectivity index (χ2v) is 4.51. The number of aliphatic hydroxyl groups is 1. The molecular formula is C14H22N2O. The molecule has 0 bridgehead atoms. The van der Waals surface area contributed by atoms with Crippen molar-refractivity contribution in [2.45, 2.75) is 34.3 Å². The van der Waals surface area contributed by atoms with Crippen molar-refractivity contribution in [3.05, 3.63) is 35.0 Å². The maximum atomic E-state index is 9.48. The Bertz CT molecular complexity index is 413. The summed E-state index contributed by atoms with van der Waals surface area (Å²) in [6, 6.07) is 2.00. The smallest absolute Gasteiger partial charge is 0.134 e. The Morgan fingerprint density at radius 1 is 1.47 bits per heavy atom. The fraction of sp³-hybridized carbons (Fsp3) is 0.500. The normalized spacial score (nSPS) is 10.4. The molecule has 0 fully saturated rings. The standard InChI is InChI=1S/C14H22N2O/c1-6-16(8-10(2)3)14-13(9-17)11(4)7-12(5)15-14/h7,17H,2,6,8-9H2,1,3-5H3. The third kappa shape index (κ3) is 3.30. The average molecular weight is 234 g/mol. The maximum absolute atomic E-state index is 9.48. The summed E-state index contributed by atoms with van der Waals surface area (Å²) in [6.07, 6.45) is 0. The summed E-state index contributed by atoms with van der Waals surface area (Å²) in [5, 5.41) is 9.48. The Balaban J connectivity index is 3.21. The molecule has 0 radical (unpaired) electrons. The largest absolute Gasteiger partial charge is 0.392 e. The van der Waals surface area contributed by atoms with Gasteiger partial charge in [0, 0.05) is 24.3 Å². The third-order valence-corrected chi connectivity index (χ3v) is 2.75. The predicted octanol–water partition coefficient (Wildman–Crippen LogP) is 2.59. The lowest BCUT2D eigenvalue weighted by Gasteiger charge is -2.25. The summed E-state index contributed by atoms with van der Waals surface area (Å²) in [6.45, 7) is 13.7. The highest BCUT2D eigenvalue weighted by Crippen LogP contribution is 2.23. The van der Waals surface area contributed by atoms with Crippen LogP contribution in [0.5, 0.6) is 0 Å². The van der Waals surface area contributed by atoms with Gasteiger partial charge in [0.25, 0.3) is 0 Å². The minimum absolute atomic E-state index is 0.0289. The molecule has 0 aliphatic carbocycles. The fourth-order valence-corrected chi connectivity index (χ4v) is 1.96. The zero-order valence-corrected chi connectivity index (χ0v) is 11.2. The van der Waals surface area contributed by atoms with Gasteiger partial charge < -0.3 is 10.0 Å². The van der Waals surface area contributed by atoms with Crippen LogP contribution in [0.4, 0.5) is 5.82 Å². The van der Waals surface area contributed by atoms with Crippen LogP contribution >= 0.6 is 0 Å². The van der Waals surface area contributed by atoms with Crippen LogP contribution in [0.1, 0.15) is 30.7 Å². The van der Waals surface area contributed by atoms with Crippen molar-refractivity contribution in [1.82, 2.24) is 4.98 Å². The van der Waals surface area contributed by atoms with E-state index in [1.165, 1.54) is 0 Å². The van der Waals surface area contributed by atoms with Gasteiger partial charge in [0.15, 0.2) is 0 Å². The lowest BCUT2D eigenvalue weighted by molar-refractivity contribution is 0.281.